The average Bonchev–Trinajstić information content (AvgIpc) is 3.44. The Morgan fingerprint density at radius 2 is 1.62 bits per heavy atom. The van der Waals surface area contributed by atoms with Gasteiger partial charge in [-0.15, -0.1) is 11.8 Å². The van der Waals surface area contributed by atoms with E-state index in [0.29, 0.717) is 32.0 Å². The quantitative estimate of drug-likeness (QED) is 0.102. The molecule has 1 aromatic heterocycles. The summed E-state index contributed by atoms with van der Waals surface area (Å²) in [7, 11) is 1.60. The molecule has 0 bridgehead atoms. The molecule has 12 heteroatoms. The lowest BCUT2D eigenvalue weighted by Crippen LogP contribution is -2.30. The van der Waals surface area contributed by atoms with Crippen molar-refractivity contribution in [3.8, 4) is 5.75 Å². The Morgan fingerprint density at radius 3 is 2.31 bits per heavy atom. The van der Waals surface area contributed by atoms with Crippen LogP contribution >= 0.6 is 46.3 Å². The Hall–Kier alpha value is -4.35. The lowest BCUT2D eigenvalue weighted by Gasteiger charge is -2.13. The van der Waals surface area contributed by atoms with Crippen LogP contribution < -0.4 is 20.7 Å². The molecular weight excluding hydrogens is 651 g/mol. The van der Waals surface area contributed by atoms with E-state index in [1.807, 2.05) is 18.2 Å². The maximum atomic E-state index is 13.4. The molecule has 0 radical (unpaired) electrons. The first-order valence-electron chi connectivity index (χ1n) is 13.6. The van der Waals surface area contributed by atoms with Crippen LogP contribution in [0.25, 0.3) is 16.3 Å². The summed E-state index contributed by atoms with van der Waals surface area (Å²) in [5.74, 6) is -0.506. The third-order valence-corrected chi connectivity index (χ3v) is 9.14. The zero-order chi connectivity index (χ0) is 31.9. The third kappa shape index (κ3) is 8.23. The Balaban J connectivity index is 1.25. The van der Waals surface area contributed by atoms with Crippen molar-refractivity contribution in [2.24, 2.45) is 0 Å². The molecule has 3 amide bonds. The number of amides is 3. The van der Waals surface area contributed by atoms with Gasteiger partial charge < -0.3 is 20.7 Å². The van der Waals surface area contributed by atoms with Crippen LogP contribution in [0.3, 0.4) is 0 Å². The van der Waals surface area contributed by atoms with E-state index in [0.717, 1.165) is 20.9 Å². The van der Waals surface area contributed by atoms with E-state index in [4.69, 9.17) is 27.9 Å². The summed E-state index contributed by atoms with van der Waals surface area (Å²) in [6.07, 6.45) is 1.44. The number of thioether (sulfide) groups is 1. The number of nitrogens with one attached hydrogen (secondary N) is 3. The van der Waals surface area contributed by atoms with Crippen LogP contribution in [-0.2, 0) is 9.59 Å². The molecule has 0 fully saturated rings. The van der Waals surface area contributed by atoms with Crippen molar-refractivity contribution in [2.75, 3.05) is 17.7 Å². The summed E-state index contributed by atoms with van der Waals surface area (Å²) in [6.45, 7) is 1.80. The van der Waals surface area contributed by atoms with E-state index >= 15 is 0 Å². The summed E-state index contributed by atoms with van der Waals surface area (Å²) in [5.41, 5.74) is 1.99. The number of carbonyl (C=O) groups excluding carboxylic acids is 3. The second kappa shape index (κ2) is 14.6. The molecule has 1 heterocycles. The minimum atomic E-state index is -0.572. The van der Waals surface area contributed by atoms with Crippen molar-refractivity contribution in [1.29, 1.82) is 0 Å². The SMILES string of the molecule is COc1ccc2nc(NC(=O)C(C)Sc3ccc(NC(=O)/C(=C/c4c(Cl)cccc4Cl)NC(=O)c4ccccc4)cc3)sc2c1. The van der Waals surface area contributed by atoms with Gasteiger partial charge >= 0.3 is 0 Å². The fourth-order valence-electron chi connectivity index (χ4n) is 4.10. The number of nitrogens with zero attached hydrogens (tertiary/aromatic N) is 1. The largest absolute Gasteiger partial charge is 0.497 e. The van der Waals surface area contributed by atoms with E-state index in [1.165, 1.54) is 29.2 Å². The maximum Gasteiger partial charge on any atom is 0.272 e. The van der Waals surface area contributed by atoms with Crippen molar-refractivity contribution in [3.63, 3.8) is 0 Å². The van der Waals surface area contributed by atoms with E-state index in [1.54, 1.807) is 86.8 Å². The van der Waals surface area contributed by atoms with Gasteiger partial charge in [-0.3, -0.25) is 14.4 Å². The monoisotopic (exact) mass is 676 g/mol. The Kier molecular flexibility index (Phi) is 10.4. The highest BCUT2D eigenvalue weighted by atomic mass is 35.5. The van der Waals surface area contributed by atoms with Crippen molar-refractivity contribution < 1.29 is 19.1 Å². The molecule has 8 nitrogen and oxygen atoms in total. The minimum Gasteiger partial charge on any atom is -0.497 e. The summed E-state index contributed by atoms with van der Waals surface area (Å²) in [5, 5.41) is 9.10. The average molecular weight is 678 g/mol. The molecule has 3 N–H and O–H groups in total. The number of thiazole rings is 1. The smallest absolute Gasteiger partial charge is 0.272 e. The Morgan fingerprint density at radius 1 is 0.911 bits per heavy atom. The standard InChI is InChI=1S/C33H26Cl2N4O4S2/c1-19(30(40)39-33-38-27-16-13-22(43-2)17-29(27)45-33)44-23-14-11-21(12-15-23)36-32(42)28(18-24-25(34)9-6-10-26(24)35)37-31(41)20-7-4-3-5-8-20/h3-19H,1-2H3,(H,36,42)(H,37,41)(H,38,39,40)/b28-18-. The fraction of sp³-hybridized carbons (Fsp3) is 0.0909. The highest BCUT2D eigenvalue weighted by molar-refractivity contribution is 8.00. The van der Waals surface area contributed by atoms with E-state index in [2.05, 4.69) is 20.9 Å². The first-order chi connectivity index (χ1) is 21.7. The van der Waals surface area contributed by atoms with E-state index in [-0.39, 0.29) is 11.6 Å². The van der Waals surface area contributed by atoms with Gasteiger partial charge in [0, 0.05) is 31.8 Å². The number of fused-ring (bicyclic) bond motifs is 1. The van der Waals surface area contributed by atoms with Crippen LogP contribution in [0.1, 0.15) is 22.8 Å². The molecule has 1 atom stereocenters. The zero-order valence-corrected chi connectivity index (χ0v) is 27.1. The maximum absolute atomic E-state index is 13.4. The van der Waals surface area contributed by atoms with Gasteiger partial charge in [0.2, 0.25) is 5.91 Å². The van der Waals surface area contributed by atoms with Gasteiger partial charge in [-0.25, -0.2) is 4.98 Å². The highest BCUT2D eigenvalue weighted by Crippen LogP contribution is 2.31. The highest BCUT2D eigenvalue weighted by Gasteiger charge is 2.19. The zero-order valence-electron chi connectivity index (χ0n) is 24.0. The second-order valence-corrected chi connectivity index (χ2v) is 12.9. The topological polar surface area (TPSA) is 109 Å². The van der Waals surface area contributed by atoms with Gasteiger partial charge in [0.05, 0.1) is 22.6 Å². The molecular formula is C33H26Cl2N4O4S2. The van der Waals surface area contributed by atoms with Crippen LogP contribution in [-0.4, -0.2) is 35.1 Å². The Bertz CT molecular complexity index is 1880. The summed E-state index contributed by atoms with van der Waals surface area (Å²) < 4.78 is 6.17. The summed E-state index contributed by atoms with van der Waals surface area (Å²) in [4.78, 5) is 44.5. The first kappa shape index (κ1) is 32.1. The number of hydrogen-bond acceptors (Lipinski definition) is 7. The predicted octanol–water partition coefficient (Wildman–Crippen LogP) is 8.14. The second-order valence-electron chi connectivity index (χ2n) is 9.59. The Labute approximate surface area is 277 Å². The molecule has 1 unspecified atom stereocenters. The van der Waals surface area contributed by atoms with Crippen LogP contribution in [0.15, 0.2) is 102 Å². The van der Waals surface area contributed by atoms with Crippen molar-refractivity contribution in [3.05, 3.63) is 118 Å². The molecule has 0 saturated heterocycles. The van der Waals surface area contributed by atoms with Gasteiger partial charge in [0.25, 0.3) is 11.8 Å². The summed E-state index contributed by atoms with van der Waals surface area (Å²) in [6, 6.07) is 26.1. The van der Waals surface area contributed by atoms with E-state index in [9.17, 15) is 14.4 Å². The number of benzene rings is 4. The lowest BCUT2D eigenvalue weighted by molar-refractivity contribution is -0.115. The third-order valence-electron chi connectivity index (χ3n) is 6.44. The molecule has 228 valence electrons. The fourth-order valence-corrected chi connectivity index (χ4v) is 6.37. The van der Waals surface area contributed by atoms with Crippen LogP contribution in [0, 0.1) is 0 Å². The molecule has 0 aliphatic rings. The molecule has 0 aliphatic heterocycles. The van der Waals surface area contributed by atoms with Gasteiger partial charge in [-0.05, 0) is 79.7 Å². The molecule has 45 heavy (non-hydrogen) atoms. The summed E-state index contributed by atoms with van der Waals surface area (Å²) >= 11 is 15.4. The van der Waals surface area contributed by atoms with Crippen molar-refractivity contribution in [2.45, 2.75) is 17.1 Å². The molecule has 5 aromatic rings. The molecule has 5 rings (SSSR count). The van der Waals surface area contributed by atoms with Gasteiger partial charge in [0.1, 0.15) is 11.4 Å². The predicted molar refractivity (Wildman–Crippen MR) is 184 cm³/mol. The van der Waals surface area contributed by atoms with Crippen molar-refractivity contribution >= 4 is 91.1 Å². The molecule has 0 spiro atoms. The number of hydrogen-bond donors (Lipinski definition) is 3. The molecule has 4 aromatic carbocycles. The van der Waals surface area contributed by atoms with Gasteiger partial charge in [-0.2, -0.15) is 0 Å². The lowest BCUT2D eigenvalue weighted by atomic mass is 10.1. The number of carbonyl (C=O) groups is 3. The van der Waals surface area contributed by atoms with Crippen molar-refractivity contribution in [1.82, 2.24) is 10.3 Å². The minimum absolute atomic E-state index is 0.0455. The van der Waals surface area contributed by atoms with Gasteiger partial charge in [-0.1, -0.05) is 58.8 Å². The molecule has 0 aliphatic carbocycles. The van der Waals surface area contributed by atoms with Crippen LogP contribution in [0.4, 0.5) is 10.8 Å². The van der Waals surface area contributed by atoms with Crippen LogP contribution in [0.2, 0.25) is 10.0 Å². The number of halogens is 2. The number of aromatic nitrogens is 1. The number of rotatable bonds is 10. The molecule has 0 saturated carbocycles. The number of ether oxygens (including phenoxy) is 1. The van der Waals surface area contributed by atoms with Gasteiger partial charge in [0.15, 0.2) is 5.13 Å². The van der Waals surface area contributed by atoms with Crippen LogP contribution in [0.5, 0.6) is 5.75 Å². The normalized spacial score (nSPS) is 12.0. The van der Waals surface area contributed by atoms with E-state index < -0.39 is 17.1 Å². The number of anilines is 2. The first-order valence-corrected chi connectivity index (χ1v) is 16.0. The number of methoxy groups -OCH3 is 1.